The first kappa shape index (κ1) is 15.8. The lowest BCUT2D eigenvalue weighted by molar-refractivity contribution is 0.629. The number of nitrogens with zero attached hydrogens (tertiary/aromatic N) is 4. The number of hydrogen-bond donors (Lipinski definition) is 0. The van der Waals surface area contributed by atoms with Crippen LogP contribution in [0.2, 0.25) is 0 Å². The zero-order valence-corrected chi connectivity index (χ0v) is 15.0. The van der Waals surface area contributed by atoms with Gasteiger partial charge in [-0.2, -0.15) is 0 Å². The number of hydrogen-bond acceptors (Lipinski definition) is 2. The molecule has 0 amide bonds. The van der Waals surface area contributed by atoms with E-state index in [2.05, 4.69) is 32.7 Å². The van der Waals surface area contributed by atoms with Crippen molar-refractivity contribution in [3.8, 4) is 11.4 Å². The SMILES string of the molecule is Cc1nc2ccccc2n1-c1ccc(-n2c(C)nc3ccc(F)cc32)cc1. The van der Waals surface area contributed by atoms with E-state index in [4.69, 9.17) is 0 Å². The van der Waals surface area contributed by atoms with Crippen molar-refractivity contribution in [2.75, 3.05) is 0 Å². The van der Waals surface area contributed by atoms with E-state index in [1.54, 1.807) is 6.07 Å². The highest BCUT2D eigenvalue weighted by Crippen LogP contribution is 2.25. The van der Waals surface area contributed by atoms with Gasteiger partial charge in [0.25, 0.3) is 0 Å². The second kappa shape index (κ2) is 5.77. The first-order valence-corrected chi connectivity index (χ1v) is 8.81. The molecule has 0 radical (unpaired) electrons. The predicted molar refractivity (Wildman–Crippen MR) is 105 cm³/mol. The summed E-state index contributed by atoms with van der Waals surface area (Å²) in [7, 11) is 0. The third kappa shape index (κ3) is 2.43. The van der Waals surface area contributed by atoms with E-state index in [0.717, 1.165) is 45.1 Å². The van der Waals surface area contributed by atoms with Gasteiger partial charge < -0.3 is 0 Å². The number of benzene rings is 3. The van der Waals surface area contributed by atoms with Crippen molar-refractivity contribution in [2.45, 2.75) is 13.8 Å². The Kier molecular flexibility index (Phi) is 3.37. The van der Waals surface area contributed by atoms with Gasteiger partial charge in [-0.05, 0) is 62.4 Å². The molecule has 2 aromatic heterocycles. The number of aromatic nitrogens is 4. The van der Waals surface area contributed by atoms with Crippen LogP contribution >= 0.6 is 0 Å². The highest BCUT2D eigenvalue weighted by molar-refractivity contribution is 5.79. The molecule has 0 aliphatic carbocycles. The van der Waals surface area contributed by atoms with Crippen molar-refractivity contribution in [3.05, 3.63) is 84.2 Å². The smallest absolute Gasteiger partial charge is 0.125 e. The summed E-state index contributed by atoms with van der Waals surface area (Å²) in [6, 6.07) is 20.9. The minimum atomic E-state index is -0.263. The summed E-state index contributed by atoms with van der Waals surface area (Å²) in [5, 5.41) is 0. The lowest BCUT2D eigenvalue weighted by Crippen LogP contribution is -2.00. The number of rotatable bonds is 2. The molecule has 3 aromatic carbocycles. The quantitative estimate of drug-likeness (QED) is 0.440. The van der Waals surface area contributed by atoms with Crippen molar-refractivity contribution < 1.29 is 4.39 Å². The normalized spacial score (nSPS) is 11.5. The van der Waals surface area contributed by atoms with Gasteiger partial charge in [-0.15, -0.1) is 0 Å². The largest absolute Gasteiger partial charge is 0.297 e. The Balaban J connectivity index is 1.65. The molecule has 0 spiro atoms. The molecule has 0 atom stereocenters. The van der Waals surface area contributed by atoms with E-state index >= 15 is 0 Å². The molecule has 132 valence electrons. The summed E-state index contributed by atoms with van der Waals surface area (Å²) in [5.74, 6) is 1.50. The molecule has 5 rings (SSSR count). The number of halogens is 1. The van der Waals surface area contributed by atoms with Gasteiger partial charge in [0.1, 0.15) is 17.5 Å². The molecule has 0 fully saturated rings. The van der Waals surface area contributed by atoms with Gasteiger partial charge in [0, 0.05) is 17.4 Å². The molecule has 5 heteroatoms. The molecule has 0 aliphatic rings. The Labute approximate surface area is 155 Å². The zero-order valence-electron chi connectivity index (χ0n) is 15.0. The van der Waals surface area contributed by atoms with Gasteiger partial charge >= 0.3 is 0 Å². The maximum Gasteiger partial charge on any atom is 0.125 e. The maximum absolute atomic E-state index is 13.7. The average molecular weight is 356 g/mol. The lowest BCUT2D eigenvalue weighted by Gasteiger charge is -2.11. The van der Waals surface area contributed by atoms with Gasteiger partial charge in [-0.3, -0.25) is 9.13 Å². The standard InChI is InChI=1S/C22H17FN4/c1-14-24-19-5-3-4-6-21(19)26(14)17-8-10-18(11-9-17)27-15(2)25-20-12-7-16(23)13-22(20)27/h3-13H,1-2H3. The van der Waals surface area contributed by atoms with Gasteiger partial charge in [0.05, 0.1) is 22.1 Å². The molecule has 0 aliphatic heterocycles. The minimum Gasteiger partial charge on any atom is -0.297 e. The highest BCUT2D eigenvalue weighted by Gasteiger charge is 2.12. The zero-order chi connectivity index (χ0) is 18.5. The number of para-hydroxylation sites is 2. The van der Waals surface area contributed by atoms with Crippen molar-refractivity contribution in [3.63, 3.8) is 0 Å². The molecular formula is C22H17FN4. The van der Waals surface area contributed by atoms with Crippen molar-refractivity contribution in [2.24, 2.45) is 0 Å². The summed E-state index contributed by atoms with van der Waals surface area (Å²) < 4.78 is 17.8. The molecule has 0 saturated heterocycles. The topological polar surface area (TPSA) is 35.6 Å². The van der Waals surface area contributed by atoms with Gasteiger partial charge in [0.15, 0.2) is 0 Å². The summed E-state index contributed by atoms with van der Waals surface area (Å²) in [5.41, 5.74) is 5.60. The Morgan fingerprint density at radius 2 is 1.22 bits per heavy atom. The van der Waals surface area contributed by atoms with Crippen LogP contribution in [0.3, 0.4) is 0 Å². The highest BCUT2D eigenvalue weighted by atomic mass is 19.1. The van der Waals surface area contributed by atoms with Crippen LogP contribution in [0.15, 0.2) is 66.7 Å². The predicted octanol–water partition coefficient (Wildman–Crippen LogP) is 5.12. The Hall–Kier alpha value is -3.47. The fraction of sp³-hybridized carbons (Fsp3) is 0.0909. The first-order valence-electron chi connectivity index (χ1n) is 8.81. The summed E-state index contributed by atoms with van der Waals surface area (Å²) in [6.45, 7) is 3.93. The van der Waals surface area contributed by atoms with E-state index in [9.17, 15) is 4.39 Å². The summed E-state index contributed by atoms with van der Waals surface area (Å²) in [6.07, 6.45) is 0. The van der Waals surface area contributed by atoms with E-state index in [1.807, 2.05) is 48.7 Å². The molecule has 0 bridgehead atoms. The third-order valence-electron chi connectivity index (χ3n) is 4.88. The molecule has 27 heavy (non-hydrogen) atoms. The Morgan fingerprint density at radius 1 is 0.667 bits per heavy atom. The van der Waals surface area contributed by atoms with Crippen LogP contribution in [0, 0.1) is 19.7 Å². The van der Waals surface area contributed by atoms with Gasteiger partial charge in [0.2, 0.25) is 0 Å². The van der Waals surface area contributed by atoms with Crippen LogP contribution in [0.5, 0.6) is 0 Å². The molecule has 4 nitrogen and oxygen atoms in total. The van der Waals surface area contributed by atoms with E-state index in [0.29, 0.717) is 0 Å². The van der Waals surface area contributed by atoms with E-state index in [1.165, 1.54) is 12.1 Å². The fourth-order valence-corrected chi connectivity index (χ4v) is 3.72. The van der Waals surface area contributed by atoms with Crippen LogP contribution in [0.4, 0.5) is 4.39 Å². The van der Waals surface area contributed by atoms with Crippen LogP contribution in [-0.4, -0.2) is 19.1 Å². The monoisotopic (exact) mass is 356 g/mol. The maximum atomic E-state index is 13.7. The van der Waals surface area contributed by atoms with Crippen molar-refractivity contribution in [1.82, 2.24) is 19.1 Å². The Bertz CT molecular complexity index is 1300. The summed E-state index contributed by atoms with van der Waals surface area (Å²) >= 11 is 0. The van der Waals surface area contributed by atoms with Gasteiger partial charge in [-0.1, -0.05) is 12.1 Å². The van der Waals surface area contributed by atoms with Crippen LogP contribution in [-0.2, 0) is 0 Å². The number of imidazole rings is 2. The number of fused-ring (bicyclic) bond motifs is 2. The fourth-order valence-electron chi connectivity index (χ4n) is 3.72. The average Bonchev–Trinajstić information content (AvgIpc) is 3.17. The molecule has 5 aromatic rings. The van der Waals surface area contributed by atoms with Crippen LogP contribution < -0.4 is 0 Å². The van der Waals surface area contributed by atoms with Crippen molar-refractivity contribution in [1.29, 1.82) is 0 Å². The van der Waals surface area contributed by atoms with Gasteiger partial charge in [-0.25, -0.2) is 14.4 Å². The first-order chi connectivity index (χ1) is 13.1. The second-order valence-corrected chi connectivity index (χ2v) is 6.63. The number of aryl methyl sites for hydroxylation is 2. The van der Waals surface area contributed by atoms with Crippen LogP contribution in [0.1, 0.15) is 11.6 Å². The minimum absolute atomic E-state index is 0.263. The molecule has 2 heterocycles. The van der Waals surface area contributed by atoms with Crippen molar-refractivity contribution >= 4 is 22.1 Å². The van der Waals surface area contributed by atoms with E-state index < -0.39 is 0 Å². The van der Waals surface area contributed by atoms with Crippen LogP contribution in [0.25, 0.3) is 33.4 Å². The Morgan fingerprint density at radius 3 is 1.89 bits per heavy atom. The third-order valence-corrected chi connectivity index (χ3v) is 4.88. The molecule has 0 saturated carbocycles. The summed E-state index contributed by atoms with van der Waals surface area (Å²) in [4.78, 5) is 9.17. The molecular weight excluding hydrogens is 339 g/mol. The second-order valence-electron chi connectivity index (χ2n) is 6.63. The van der Waals surface area contributed by atoms with E-state index in [-0.39, 0.29) is 5.82 Å². The lowest BCUT2D eigenvalue weighted by atomic mass is 10.2. The molecule has 0 unspecified atom stereocenters. The molecule has 0 N–H and O–H groups in total.